The third-order valence-electron chi connectivity index (χ3n) is 3.62. The van der Waals surface area contributed by atoms with Gasteiger partial charge in [-0.3, -0.25) is 0 Å². The minimum atomic E-state index is 0.424. The molecule has 1 aliphatic rings. The fourth-order valence-electron chi connectivity index (χ4n) is 2.52. The van der Waals surface area contributed by atoms with Crippen molar-refractivity contribution in [2.75, 3.05) is 0 Å². The van der Waals surface area contributed by atoms with Gasteiger partial charge in [0.25, 0.3) is 0 Å². The number of hydrogen-bond acceptors (Lipinski definition) is 1. The Labute approximate surface area is 83.1 Å². The van der Waals surface area contributed by atoms with Gasteiger partial charge in [-0.1, -0.05) is 40.0 Å². The molecule has 0 spiro atoms. The van der Waals surface area contributed by atoms with Gasteiger partial charge >= 0.3 is 0 Å². The second-order valence-electron chi connectivity index (χ2n) is 5.45. The van der Waals surface area contributed by atoms with Crippen molar-refractivity contribution in [1.29, 1.82) is 0 Å². The van der Waals surface area contributed by atoms with Gasteiger partial charge in [-0.15, -0.1) is 0 Å². The van der Waals surface area contributed by atoms with Crippen LogP contribution in [0.2, 0.25) is 0 Å². The van der Waals surface area contributed by atoms with Crippen molar-refractivity contribution in [3.8, 4) is 0 Å². The van der Waals surface area contributed by atoms with Gasteiger partial charge < -0.3 is 5.73 Å². The van der Waals surface area contributed by atoms with Crippen molar-refractivity contribution in [1.82, 2.24) is 0 Å². The average molecular weight is 183 g/mol. The first-order valence-corrected chi connectivity index (χ1v) is 5.80. The highest BCUT2D eigenvalue weighted by atomic mass is 14.7. The van der Waals surface area contributed by atoms with Crippen LogP contribution in [-0.2, 0) is 0 Å². The van der Waals surface area contributed by atoms with Gasteiger partial charge in [0.1, 0.15) is 0 Å². The lowest BCUT2D eigenvalue weighted by molar-refractivity contribution is 0.154. The molecule has 1 aliphatic carbocycles. The zero-order valence-corrected chi connectivity index (χ0v) is 9.47. The second-order valence-corrected chi connectivity index (χ2v) is 5.45. The van der Waals surface area contributed by atoms with E-state index < -0.39 is 0 Å². The first-order valence-electron chi connectivity index (χ1n) is 5.80. The Morgan fingerprint density at radius 2 is 1.69 bits per heavy atom. The maximum absolute atomic E-state index is 6.28. The number of rotatable bonds is 3. The summed E-state index contributed by atoms with van der Waals surface area (Å²) in [4.78, 5) is 0. The molecule has 78 valence electrons. The summed E-state index contributed by atoms with van der Waals surface area (Å²) in [5.74, 6) is 0.744. The van der Waals surface area contributed by atoms with E-state index >= 15 is 0 Å². The van der Waals surface area contributed by atoms with E-state index in [0.29, 0.717) is 11.5 Å². The molecule has 1 rings (SSSR count). The Morgan fingerprint density at radius 1 is 1.15 bits per heavy atom. The van der Waals surface area contributed by atoms with Crippen molar-refractivity contribution >= 4 is 0 Å². The van der Waals surface area contributed by atoms with Gasteiger partial charge in [-0.05, 0) is 30.6 Å². The first kappa shape index (κ1) is 11.0. The Morgan fingerprint density at radius 3 is 2.15 bits per heavy atom. The van der Waals surface area contributed by atoms with Gasteiger partial charge in [0.15, 0.2) is 0 Å². The van der Waals surface area contributed by atoms with Crippen LogP contribution in [0.5, 0.6) is 0 Å². The summed E-state index contributed by atoms with van der Waals surface area (Å²) in [5.41, 5.74) is 6.73. The Hall–Kier alpha value is -0.0400. The maximum Gasteiger partial charge on any atom is 0.00953 e. The van der Waals surface area contributed by atoms with Gasteiger partial charge in [0.05, 0.1) is 0 Å². The molecule has 0 aromatic heterocycles. The Balaban J connectivity index is 2.46. The van der Waals surface area contributed by atoms with Gasteiger partial charge in [-0.25, -0.2) is 0 Å². The van der Waals surface area contributed by atoms with E-state index in [1.807, 2.05) is 0 Å². The van der Waals surface area contributed by atoms with Crippen LogP contribution in [0.4, 0.5) is 0 Å². The van der Waals surface area contributed by atoms with Crippen molar-refractivity contribution in [2.45, 2.75) is 65.3 Å². The normalized spacial score (nSPS) is 24.7. The molecular weight excluding hydrogens is 158 g/mol. The van der Waals surface area contributed by atoms with E-state index in [2.05, 4.69) is 20.8 Å². The molecule has 0 heterocycles. The summed E-state index contributed by atoms with van der Waals surface area (Å²) >= 11 is 0. The molecule has 0 saturated heterocycles. The molecular formula is C12H25N. The highest BCUT2D eigenvalue weighted by molar-refractivity contribution is 4.88. The van der Waals surface area contributed by atoms with Gasteiger partial charge in [0, 0.05) is 6.04 Å². The maximum atomic E-state index is 6.28. The minimum Gasteiger partial charge on any atom is -0.327 e. The van der Waals surface area contributed by atoms with Crippen LogP contribution in [0.15, 0.2) is 0 Å². The van der Waals surface area contributed by atoms with Crippen LogP contribution in [0.3, 0.4) is 0 Å². The highest BCUT2D eigenvalue weighted by Gasteiger charge is 2.33. The van der Waals surface area contributed by atoms with Crippen LogP contribution in [0.25, 0.3) is 0 Å². The summed E-state index contributed by atoms with van der Waals surface area (Å²) in [5, 5.41) is 0. The zero-order valence-electron chi connectivity index (χ0n) is 9.47. The van der Waals surface area contributed by atoms with Crippen molar-refractivity contribution < 1.29 is 0 Å². The first-order chi connectivity index (χ1) is 6.04. The minimum absolute atomic E-state index is 0.424. The van der Waals surface area contributed by atoms with Crippen molar-refractivity contribution in [2.24, 2.45) is 17.1 Å². The van der Waals surface area contributed by atoms with E-state index in [4.69, 9.17) is 5.73 Å². The zero-order chi connectivity index (χ0) is 9.90. The quantitative estimate of drug-likeness (QED) is 0.713. The summed E-state index contributed by atoms with van der Waals surface area (Å²) < 4.78 is 0. The predicted octanol–water partition coefficient (Wildman–Crippen LogP) is 3.33. The summed E-state index contributed by atoms with van der Waals surface area (Å²) in [6.45, 7) is 6.93. The van der Waals surface area contributed by atoms with Crippen LogP contribution < -0.4 is 5.73 Å². The van der Waals surface area contributed by atoms with E-state index in [-0.39, 0.29) is 0 Å². The van der Waals surface area contributed by atoms with Gasteiger partial charge in [0.2, 0.25) is 0 Å². The predicted molar refractivity (Wildman–Crippen MR) is 58.6 cm³/mol. The fourth-order valence-corrected chi connectivity index (χ4v) is 2.52. The highest BCUT2D eigenvalue weighted by Crippen LogP contribution is 2.39. The Bertz CT molecular complexity index is 145. The molecule has 0 aromatic carbocycles. The molecule has 13 heavy (non-hydrogen) atoms. The fraction of sp³-hybridized carbons (Fsp3) is 1.00. The van der Waals surface area contributed by atoms with Crippen molar-refractivity contribution in [3.05, 3.63) is 0 Å². The average Bonchev–Trinajstić information content (AvgIpc) is 2.04. The monoisotopic (exact) mass is 183 g/mol. The summed E-state index contributed by atoms with van der Waals surface area (Å²) in [6, 6.07) is 0.424. The van der Waals surface area contributed by atoms with E-state index in [0.717, 1.165) is 5.92 Å². The Kier molecular flexibility index (Phi) is 3.78. The molecule has 2 N–H and O–H groups in total. The molecule has 1 fully saturated rings. The van der Waals surface area contributed by atoms with Crippen LogP contribution in [0.1, 0.15) is 59.3 Å². The van der Waals surface area contributed by atoms with Crippen LogP contribution >= 0.6 is 0 Å². The topological polar surface area (TPSA) is 26.0 Å². The van der Waals surface area contributed by atoms with E-state index in [9.17, 15) is 0 Å². The lowest BCUT2D eigenvalue weighted by Crippen LogP contribution is -2.41. The van der Waals surface area contributed by atoms with Crippen LogP contribution in [-0.4, -0.2) is 6.04 Å². The molecule has 1 nitrogen and oxygen atoms in total. The molecule has 1 saturated carbocycles. The molecule has 1 atom stereocenters. The smallest absolute Gasteiger partial charge is 0.00953 e. The SMILES string of the molecule is CC(C)CC(N)C1(C)CCCCC1. The molecule has 0 bridgehead atoms. The lowest BCUT2D eigenvalue weighted by Gasteiger charge is -2.39. The molecule has 0 radical (unpaired) electrons. The number of nitrogens with two attached hydrogens (primary N) is 1. The van der Waals surface area contributed by atoms with E-state index in [1.165, 1.54) is 38.5 Å². The standard InChI is InChI=1S/C12H25N/c1-10(2)9-11(13)12(3)7-5-4-6-8-12/h10-11H,4-9,13H2,1-3H3. The molecule has 1 unspecified atom stereocenters. The van der Waals surface area contributed by atoms with Crippen LogP contribution in [0, 0.1) is 11.3 Å². The largest absolute Gasteiger partial charge is 0.327 e. The second kappa shape index (κ2) is 4.45. The summed E-state index contributed by atoms with van der Waals surface area (Å²) in [6.07, 6.45) is 8.09. The third kappa shape index (κ3) is 2.98. The lowest BCUT2D eigenvalue weighted by atomic mass is 9.69. The number of hydrogen-bond donors (Lipinski definition) is 1. The molecule has 0 amide bonds. The third-order valence-corrected chi connectivity index (χ3v) is 3.62. The van der Waals surface area contributed by atoms with E-state index in [1.54, 1.807) is 0 Å². The molecule has 1 heteroatoms. The summed E-state index contributed by atoms with van der Waals surface area (Å²) in [7, 11) is 0. The van der Waals surface area contributed by atoms with Gasteiger partial charge in [-0.2, -0.15) is 0 Å². The van der Waals surface area contributed by atoms with Crippen molar-refractivity contribution in [3.63, 3.8) is 0 Å². The molecule has 0 aromatic rings. The molecule has 0 aliphatic heterocycles.